The minimum absolute atomic E-state index is 0.465. The molecule has 2 aliphatic rings. The molecule has 38 heavy (non-hydrogen) atoms. The molecule has 2 fully saturated rings. The Balaban J connectivity index is 1.32. The number of piperidine rings is 1. The van der Waals surface area contributed by atoms with Crippen molar-refractivity contribution >= 4 is 28.5 Å². The van der Waals surface area contributed by atoms with Crippen LogP contribution in [0, 0.1) is 5.92 Å². The average Bonchev–Trinajstić information content (AvgIpc) is 3.29. The Morgan fingerprint density at radius 2 is 1.84 bits per heavy atom. The van der Waals surface area contributed by atoms with E-state index < -0.39 is 11.7 Å². The first-order valence-electron chi connectivity index (χ1n) is 13.8. The minimum Gasteiger partial charge on any atom is -0.444 e. The second-order valence-corrected chi connectivity index (χ2v) is 11.9. The fourth-order valence-corrected chi connectivity index (χ4v) is 5.74. The van der Waals surface area contributed by atoms with Crippen molar-refractivity contribution in [2.24, 2.45) is 5.92 Å². The number of rotatable bonds is 5. The maximum absolute atomic E-state index is 12.3. The molecule has 9 heteroatoms. The van der Waals surface area contributed by atoms with Crippen LogP contribution in [0.1, 0.15) is 47.5 Å². The van der Waals surface area contributed by atoms with Gasteiger partial charge in [-0.1, -0.05) is 0 Å². The van der Waals surface area contributed by atoms with Gasteiger partial charge in [0, 0.05) is 54.6 Å². The molecule has 0 unspecified atom stereocenters. The van der Waals surface area contributed by atoms with Crippen LogP contribution in [0.5, 0.6) is 0 Å². The van der Waals surface area contributed by atoms with E-state index in [0.717, 1.165) is 60.1 Å². The van der Waals surface area contributed by atoms with Crippen molar-refractivity contribution < 1.29 is 9.53 Å². The van der Waals surface area contributed by atoms with E-state index in [9.17, 15) is 4.79 Å². The number of fused-ring (bicyclic) bond motifs is 1. The van der Waals surface area contributed by atoms with Crippen molar-refractivity contribution in [1.82, 2.24) is 25.4 Å². The third-order valence-corrected chi connectivity index (χ3v) is 7.58. The topological polar surface area (TPSA) is 98.4 Å². The van der Waals surface area contributed by atoms with Gasteiger partial charge in [-0.2, -0.15) is 5.10 Å². The molecule has 2 aromatic heterocycles. The number of amides is 1. The maximum Gasteiger partial charge on any atom is 0.412 e. The number of benzene rings is 1. The molecule has 2 aliphatic heterocycles. The molecule has 0 spiro atoms. The van der Waals surface area contributed by atoms with Gasteiger partial charge in [0.2, 0.25) is 0 Å². The van der Waals surface area contributed by atoms with Gasteiger partial charge in [0.05, 0.1) is 5.52 Å². The van der Waals surface area contributed by atoms with Gasteiger partial charge in [-0.3, -0.25) is 15.3 Å². The van der Waals surface area contributed by atoms with Crippen LogP contribution in [0.15, 0.2) is 36.5 Å². The van der Waals surface area contributed by atoms with E-state index in [-0.39, 0.29) is 0 Å². The highest BCUT2D eigenvalue weighted by atomic mass is 16.6. The first-order chi connectivity index (χ1) is 18.2. The summed E-state index contributed by atoms with van der Waals surface area (Å²) in [5, 5.41) is 15.0. The van der Waals surface area contributed by atoms with Crippen LogP contribution in [0.25, 0.3) is 22.2 Å². The van der Waals surface area contributed by atoms with Crippen molar-refractivity contribution in [3.63, 3.8) is 0 Å². The molecule has 4 heterocycles. The van der Waals surface area contributed by atoms with Crippen LogP contribution in [0.2, 0.25) is 0 Å². The number of aromatic nitrogens is 3. The average molecular weight is 520 g/mol. The quantitative estimate of drug-likeness (QED) is 0.442. The zero-order valence-corrected chi connectivity index (χ0v) is 23.3. The molecule has 2 atom stereocenters. The number of ether oxygens (including phenoxy) is 1. The highest BCUT2D eigenvalue weighted by molar-refractivity contribution is 5.97. The SMILES string of the molecule is C[C@@H]1CN(c2cc(-c3n[nH]c4ccc(NC(=O)OC(C)(C)C)cc34)ccn2)C[C@H](C)N1CC1CCNCC1. The summed E-state index contributed by atoms with van der Waals surface area (Å²) < 4.78 is 5.41. The molecule has 0 bridgehead atoms. The van der Waals surface area contributed by atoms with E-state index in [1.807, 2.05) is 51.2 Å². The number of nitrogens with one attached hydrogen (secondary N) is 3. The summed E-state index contributed by atoms with van der Waals surface area (Å²) in [6.45, 7) is 15.6. The molecule has 1 amide bonds. The standard InChI is InChI=1S/C29H41N7O2/c1-19-16-35(17-20(2)36(19)18-21-8-11-30-12-9-21)26-14-22(10-13-31-26)27-24-15-23(6-7-25(24)33-34-27)32-28(37)38-29(3,4)5/h6-7,10,13-15,19-21,30H,8-9,11-12,16-18H2,1-5H3,(H,32,37)(H,33,34)/t19-,20+. The first-order valence-corrected chi connectivity index (χ1v) is 13.8. The molecular weight excluding hydrogens is 478 g/mol. The first kappa shape index (κ1) is 26.4. The molecule has 0 saturated carbocycles. The lowest BCUT2D eigenvalue weighted by Crippen LogP contribution is -2.58. The van der Waals surface area contributed by atoms with Crippen LogP contribution in [0.4, 0.5) is 16.3 Å². The lowest BCUT2D eigenvalue weighted by atomic mass is 9.95. The second-order valence-electron chi connectivity index (χ2n) is 11.9. The number of piperazine rings is 1. The Morgan fingerprint density at radius 3 is 2.55 bits per heavy atom. The van der Waals surface area contributed by atoms with Gasteiger partial charge >= 0.3 is 6.09 Å². The molecule has 5 rings (SSSR count). The summed E-state index contributed by atoms with van der Waals surface area (Å²) in [6, 6.07) is 10.8. The fraction of sp³-hybridized carbons (Fsp3) is 0.552. The van der Waals surface area contributed by atoms with E-state index in [4.69, 9.17) is 9.72 Å². The third-order valence-electron chi connectivity index (χ3n) is 7.58. The molecule has 2 saturated heterocycles. The zero-order chi connectivity index (χ0) is 26.9. The number of aromatic amines is 1. The van der Waals surface area contributed by atoms with Crippen LogP contribution in [-0.4, -0.2) is 76.6 Å². The molecule has 9 nitrogen and oxygen atoms in total. The van der Waals surface area contributed by atoms with Gasteiger partial charge in [-0.05, 0) is 96.8 Å². The van der Waals surface area contributed by atoms with Gasteiger partial charge in [0.15, 0.2) is 0 Å². The van der Waals surface area contributed by atoms with E-state index in [1.165, 1.54) is 19.4 Å². The molecular formula is C29H41N7O2. The number of nitrogens with zero attached hydrogens (tertiary/aromatic N) is 4. The lowest BCUT2D eigenvalue weighted by Gasteiger charge is -2.46. The molecule has 204 valence electrons. The predicted molar refractivity (Wildman–Crippen MR) is 153 cm³/mol. The fourth-order valence-electron chi connectivity index (χ4n) is 5.74. The van der Waals surface area contributed by atoms with Gasteiger partial charge in [0.1, 0.15) is 17.1 Å². The summed E-state index contributed by atoms with van der Waals surface area (Å²) in [4.78, 5) is 22.1. The van der Waals surface area contributed by atoms with Crippen molar-refractivity contribution in [3.05, 3.63) is 36.5 Å². The summed E-state index contributed by atoms with van der Waals surface area (Å²) >= 11 is 0. The third kappa shape index (κ3) is 6.10. The Hall–Kier alpha value is -3.17. The summed E-state index contributed by atoms with van der Waals surface area (Å²) in [5.74, 6) is 1.76. The number of carbonyl (C=O) groups excluding carboxylic acids is 1. The Kier molecular flexibility index (Phi) is 7.59. The molecule has 0 radical (unpaired) electrons. The highest BCUT2D eigenvalue weighted by Crippen LogP contribution is 2.31. The number of hydrogen-bond acceptors (Lipinski definition) is 7. The zero-order valence-electron chi connectivity index (χ0n) is 23.3. The Morgan fingerprint density at radius 1 is 1.11 bits per heavy atom. The normalized spacial score (nSPS) is 21.6. The van der Waals surface area contributed by atoms with Crippen molar-refractivity contribution in [1.29, 1.82) is 0 Å². The van der Waals surface area contributed by atoms with Crippen molar-refractivity contribution in [2.75, 3.05) is 42.9 Å². The maximum atomic E-state index is 12.3. The summed E-state index contributed by atoms with van der Waals surface area (Å²) in [5.41, 5.74) is 2.84. The smallest absolute Gasteiger partial charge is 0.412 e. The Labute approximate surface area is 225 Å². The van der Waals surface area contributed by atoms with Gasteiger partial charge < -0.3 is 15.0 Å². The molecule has 0 aliphatic carbocycles. The number of carbonyl (C=O) groups is 1. The van der Waals surface area contributed by atoms with Crippen LogP contribution < -0.4 is 15.5 Å². The van der Waals surface area contributed by atoms with Crippen LogP contribution in [0.3, 0.4) is 0 Å². The largest absolute Gasteiger partial charge is 0.444 e. The molecule has 1 aromatic carbocycles. The second kappa shape index (κ2) is 10.9. The van der Waals surface area contributed by atoms with E-state index in [2.05, 4.69) is 50.5 Å². The van der Waals surface area contributed by atoms with Crippen LogP contribution in [-0.2, 0) is 4.74 Å². The lowest BCUT2D eigenvalue weighted by molar-refractivity contribution is 0.0636. The van der Waals surface area contributed by atoms with Gasteiger partial charge in [-0.15, -0.1) is 0 Å². The van der Waals surface area contributed by atoms with E-state index in [1.54, 1.807) is 0 Å². The number of pyridine rings is 1. The van der Waals surface area contributed by atoms with Gasteiger partial charge in [0.25, 0.3) is 0 Å². The van der Waals surface area contributed by atoms with Crippen molar-refractivity contribution in [3.8, 4) is 11.3 Å². The van der Waals surface area contributed by atoms with Crippen molar-refractivity contribution in [2.45, 2.75) is 65.1 Å². The minimum atomic E-state index is -0.559. The summed E-state index contributed by atoms with van der Waals surface area (Å²) in [7, 11) is 0. The van der Waals surface area contributed by atoms with E-state index in [0.29, 0.717) is 17.8 Å². The number of hydrogen-bond donors (Lipinski definition) is 3. The molecule has 3 aromatic rings. The van der Waals surface area contributed by atoms with Gasteiger partial charge in [-0.25, -0.2) is 9.78 Å². The molecule has 3 N–H and O–H groups in total. The van der Waals surface area contributed by atoms with Crippen LogP contribution >= 0.6 is 0 Å². The number of anilines is 2. The monoisotopic (exact) mass is 519 g/mol. The number of H-pyrrole nitrogens is 1. The Bertz CT molecular complexity index is 1250. The van der Waals surface area contributed by atoms with E-state index >= 15 is 0 Å². The predicted octanol–water partition coefficient (Wildman–Crippen LogP) is 4.87. The highest BCUT2D eigenvalue weighted by Gasteiger charge is 2.32. The summed E-state index contributed by atoms with van der Waals surface area (Å²) in [6.07, 6.45) is 3.94.